The highest BCUT2D eigenvalue weighted by molar-refractivity contribution is 7.90. The first-order chi connectivity index (χ1) is 6.98. The Bertz CT molecular complexity index is 670. The maximum absolute atomic E-state index is 11.4. The predicted molar refractivity (Wildman–Crippen MR) is 57.7 cm³/mol. The minimum atomic E-state index is -3.47. The summed E-state index contributed by atoms with van der Waals surface area (Å²) in [5, 5.41) is 0.706. The summed E-state index contributed by atoms with van der Waals surface area (Å²) in [5.74, 6) is 0. The molecule has 0 aliphatic heterocycles. The lowest BCUT2D eigenvalue weighted by molar-refractivity contribution is 0.601. The Balaban J connectivity index is 2.91. The summed E-state index contributed by atoms with van der Waals surface area (Å²) in [6.45, 7) is 0. The number of rotatable bonds is 1. The van der Waals surface area contributed by atoms with Crippen LogP contribution in [0.1, 0.15) is 0 Å². The number of pyridine rings is 1. The van der Waals surface area contributed by atoms with Crippen molar-refractivity contribution < 1.29 is 8.42 Å². The molecule has 2 rings (SSSR count). The van der Waals surface area contributed by atoms with Gasteiger partial charge in [0.2, 0.25) is 0 Å². The lowest BCUT2D eigenvalue weighted by Gasteiger charge is -2.00. The first-order valence-electron chi connectivity index (χ1n) is 4.30. The van der Waals surface area contributed by atoms with Crippen LogP contribution in [-0.4, -0.2) is 19.7 Å². The molecule has 0 bridgehead atoms. The van der Waals surface area contributed by atoms with Gasteiger partial charge in [-0.05, 0) is 17.5 Å². The molecule has 0 amide bonds. The molecule has 0 aliphatic rings. The lowest BCUT2D eigenvalue weighted by Crippen LogP contribution is -2.16. The summed E-state index contributed by atoms with van der Waals surface area (Å²) in [6, 6.07) is 8.43. The monoisotopic (exact) mass is 223 g/mol. The highest BCUT2D eigenvalue weighted by Crippen LogP contribution is 2.12. The van der Waals surface area contributed by atoms with Gasteiger partial charge in [-0.15, -0.1) is 0 Å². The molecule has 1 heterocycles. The zero-order valence-corrected chi connectivity index (χ0v) is 8.84. The van der Waals surface area contributed by atoms with Crippen LogP contribution in [-0.2, 0) is 9.84 Å². The van der Waals surface area contributed by atoms with Crippen molar-refractivity contribution in [3.05, 3.63) is 40.7 Å². The van der Waals surface area contributed by atoms with Crippen molar-refractivity contribution in [2.75, 3.05) is 6.26 Å². The smallest absolute Gasteiger partial charge is 0.267 e. The van der Waals surface area contributed by atoms with Crippen molar-refractivity contribution in [1.82, 2.24) is 4.98 Å². The Kier molecular flexibility index (Phi) is 2.12. The predicted octanol–water partition coefficient (Wildman–Crippen LogP) is 0.932. The number of para-hydroxylation sites is 1. The van der Waals surface area contributed by atoms with E-state index in [0.29, 0.717) is 10.9 Å². The highest BCUT2D eigenvalue weighted by Gasteiger charge is 2.12. The summed E-state index contributed by atoms with van der Waals surface area (Å²) in [7, 11) is -3.47. The fraction of sp³-hybridized carbons (Fsp3) is 0.100. The summed E-state index contributed by atoms with van der Waals surface area (Å²) >= 11 is 0. The van der Waals surface area contributed by atoms with Crippen LogP contribution in [0, 0.1) is 0 Å². The average Bonchev–Trinajstić information content (AvgIpc) is 2.15. The van der Waals surface area contributed by atoms with Crippen molar-refractivity contribution in [3.63, 3.8) is 0 Å². The van der Waals surface area contributed by atoms with E-state index in [1.54, 1.807) is 24.3 Å². The van der Waals surface area contributed by atoms with Crippen molar-refractivity contribution in [1.29, 1.82) is 0 Å². The van der Waals surface area contributed by atoms with Crippen molar-refractivity contribution in [2.45, 2.75) is 4.90 Å². The molecule has 0 spiro atoms. The van der Waals surface area contributed by atoms with Crippen LogP contribution in [0.15, 0.2) is 40.0 Å². The van der Waals surface area contributed by atoms with Gasteiger partial charge in [-0.3, -0.25) is 4.79 Å². The second kappa shape index (κ2) is 3.20. The maximum atomic E-state index is 11.4. The standard InChI is InChI=1S/C10H9NO3S/c1-15(13,14)9-6-7-4-2-3-5-8(7)11-10(9)12/h2-6H,1H3,(H,11,12). The molecule has 1 aromatic carbocycles. The van der Waals surface area contributed by atoms with Gasteiger partial charge in [0.25, 0.3) is 5.56 Å². The molecule has 1 aromatic heterocycles. The molecule has 4 nitrogen and oxygen atoms in total. The first-order valence-corrected chi connectivity index (χ1v) is 6.20. The van der Waals surface area contributed by atoms with Gasteiger partial charge in [-0.25, -0.2) is 8.42 Å². The van der Waals surface area contributed by atoms with Gasteiger partial charge in [0.05, 0.1) is 0 Å². The van der Waals surface area contributed by atoms with Crippen LogP contribution in [0.3, 0.4) is 0 Å². The van der Waals surface area contributed by atoms with E-state index in [1.807, 2.05) is 0 Å². The SMILES string of the molecule is CS(=O)(=O)c1cc2ccccc2[nH]c1=O. The normalized spacial score (nSPS) is 11.8. The zero-order chi connectivity index (χ0) is 11.1. The third-order valence-corrected chi connectivity index (χ3v) is 3.22. The van der Waals surface area contributed by atoms with E-state index >= 15 is 0 Å². The molecule has 0 atom stereocenters. The lowest BCUT2D eigenvalue weighted by atomic mass is 10.2. The van der Waals surface area contributed by atoms with E-state index in [4.69, 9.17) is 0 Å². The number of nitrogens with one attached hydrogen (secondary N) is 1. The van der Waals surface area contributed by atoms with Crippen LogP contribution < -0.4 is 5.56 Å². The van der Waals surface area contributed by atoms with Crippen LogP contribution in [0.2, 0.25) is 0 Å². The van der Waals surface area contributed by atoms with Crippen molar-refractivity contribution in [3.8, 4) is 0 Å². The summed E-state index contributed by atoms with van der Waals surface area (Å²) in [4.78, 5) is 13.8. The topological polar surface area (TPSA) is 67.0 Å². The molecule has 0 saturated carbocycles. The molecule has 15 heavy (non-hydrogen) atoms. The largest absolute Gasteiger partial charge is 0.321 e. The van der Waals surface area contributed by atoms with Gasteiger partial charge in [-0.1, -0.05) is 18.2 Å². The number of H-pyrrole nitrogens is 1. The number of hydrogen-bond acceptors (Lipinski definition) is 3. The van der Waals surface area contributed by atoms with Crippen molar-refractivity contribution in [2.24, 2.45) is 0 Å². The summed E-state index contributed by atoms with van der Waals surface area (Å²) in [6.07, 6.45) is 1.02. The van der Waals surface area contributed by atoms with E-state index in [0.717, 1.165) is 6.26 Å². The van der Waals surface area contributed by atoms with Crippen LogP contribution in [0.4, 0.5) is 0 Å². The van der Waals surface area contributed by atoms with E-state index in [1.165, 1.54) is 6.07 Å². The minimum Gasteiger partial charge on any atom is -0.321 e. The van der Waals surface area contributed by atoms with Crippen molar-refractivity contribution >= 4 is 20.7 Å². The minimum absolute atomic E-state index is 0.193. The fourth-order valence-electron chi connectivity index (χ4n) is 1.40. The average molecular weight is 223 g/mol. The first kappa shape index (κ1) is 9.92. The van der Waals surface area contributed by atoms with Crippen LogP contribution in [0.25, 0.3) is 10.9 Å². The number of aromatic nitrogens is 1. The second-order valence-electron chi connectivity index (χ2n) is 3.32. The number of sulfone groups is 1. The summed E-state index contributed by atoms with van der Waals surface area (Å²) < 4.78 is 22.6. The van der Waals surface area contributed by atoms with Gasteiger partial charge >= 0.3 is 0 Å². The Hall–Kier alpha value is -1.62. The molecule has 0 radical (unpaired) electrons. The maximum Gasteiger partial charge on any atom is 0.267 e. The Morgan fingerprint density at radius 3 is 2.53 bits per heavy atom. The van der Waals surface area contributed by atoms with Gasteiger partial charge < -0.3 is 4.98 Å². The molecule has 1 N–H and O–H groups in total. The Labute approximate surface area is 86.5 Å². The molecule has 0 aliphatic carbocycles. The highest BCUT2D eigenvalue weighted by atomic mass is 32.2. The fourth-order valence-corrected chi connectivity index (χ4v) is 2.13. The number of fused-ring (bicyclic) bond motifs is 1. The van der Waals surface area contributed by atoms with E-state index in [-0.39, 0.29) is 4.90 Å². The summed E-state index contributed by atoms with van der Waals surface area (Å²) in [5.41, 5.74) is 0.0612. The van der Waals surface area contributed by atoms with Gasteiger partial charge in [0.15, 0.2) is 9.84 Å². The molecule has 0 unspecified atom stereocenters. The Morgan fingerprint density at radius 2 is 1.87 bits per heavy atom. The van der Waals surface area contributed by atoms with Gasteiger partial charge in [0.1, 0.15) is 4.90 Å². The van der Waals surface area contributed by atoms with Crippen LogP contribution >= 0.6 is 0 Å². The molecule has 78 valence electrons. The molecule has 5 heteroatoms. The van der Waals surface area contributed by atoms with E-state index < -0.39 is 15.4 Å². The molecule has 2 aromatic rings. The van der Waals surface area contributed by atoms with Gasteiger partial charge in [-0.2, -0.15) is 0 Å². The molecular formula is C10H9NO3S. The third kappa shape index (κ3) is 1.78. The quantitative estimate of drug-likeness (QED) is 0.782. The zero-order valence-electron chi connectivity index (χ0n) is 8.02. The second-order valence-corrected chi connectivity index (χ2v) is 5.31. The third-order valence-electron chi connectivity index (χ3n) is 2.12. The van der Waals surface area contributed by atoms with Crippen LogP contribution in [0.5, 0.6) is 0 Å². The van der Waals surface area contributed by atoms with Gasteiger partial charge in [0, 0.05) is 11.8 Å². The number of hydrogen-bond donors (Lipinski definition) is 1. The number of benzene rings is 1. The Morgan fingerprint density at radius 1 is 1.20 bits per heavy atom. The van der Waals surface area contributed by atoms with E-state index in [2.05, 4.69) is 4.98 Å². The molecular weight excluding hydrogens is 214 g/mol. The molecule has 0 saturated heterocycles. The van der Waals surface area contributed by atoms with E-state index in [9.17, 15) is 13.2 Å². The number of aromatic amines is 1. The molecule has 0 fully saturated rings.